The van der Waals surface area contributed by atoms with Gasteiger partial charge >= 0.3 is 5.97 Å². The van der Waals surface area contributed by atoms with Crippen LogP contribution in [0, 0.1) is 5.82 Å². The maximum atomic E-state index is 13.8. The average Bonchev–Trinajstić information content (AvgIpc) is 3.21. The monoisotopic (exact) mass is 493 g/mol. The van der Waals surface area contributed by atoms with Crippen molar-refractivity contribution in [1.82, 2.24) is 9.55 Å². The molecule has 3 N–H and O–H groups in total. The number of pyridine rings is 1. The van der Waals surface area contributed by atoms with E-state index in [0.29, 0.717) is 10.9 Å². The van der Waals surface area contributed by atoms with Crippen LogP contribution in [-0.2, 0) is 22.2 Å². The molecule has 0 fully saturated rings. The fourth-order valence-corrected chi connectivity index (χ4v) is 4.62. The van der Waals surface area contributed by atoms with E-state index >= 15 is 0 Å². The summed E-state index contributed by atoms with van der Waals surface area (Å²) in [6, 6.07) is 16.4. The third-order valence-electron chi connectivity index (χ3n) is 6.26. The fraction of sp³-hybridized carbons (Fsp3) is 0.222. The summed E-state index contributed by atoms with van der Waals surface area (Å²) in [5.41, 5.74) is 6.65. The minimum Gasteiger partial charge on any atom is -0.476 e. The summed E-state index contributed by atoms with van der Waals surface area (Å²) < 4.78 is 15.4. The average molecular weight is 494 g/mol. The van der Waals surface area contributed by atoms with Gasteiger partial charge in [-0.15, -0.1) is 0 Å². The molecule has 0 radical (unpaired) electrons. The lowest BCUT2D eigenvalue weighted by Crippen LogP contribution is -2.49. The van der Waals surface area contributed by atoms with Crippen molar-refractivity contribution in [2.75, 3.05) is 0 Å². The molecule has 1 amide bonds. The zero-order valence-electron chi connectivity index (χ0n) is 19.5. The molecule has 0 saturated heterocycles. The Balaban J connectivity index is 2.01. The van der Waals surface area contributed by atoms with Gasteiger partial charge in [0.2, 0.25) is 5.91 Å². The molecule has 4 rings (SSSR count). The Bertz CT molecular complexity index is 1420. The molecule has 0 aliphatic rings. The zero-order chi connectivity index (χ0) is 25.5. The van der Waals surface area contributed by atoms with Crippen LogP contribution in [0.1, 0.15) is 48.0 Å². The lowest BCUT2D eigenvalue weighted by molar-refractivity contribution is -0.124. The van der Waals surface area contributed by atoms with E-state index in [0.717, 1.165) is 11.1 Å². The van der Waals surface area contributed by atoms with Gasteiger partial charge in [0.1, 0.15) is 11.0 Å². The molecule has 180 valence electrons. The number of fused-ring (bicyclic) bond motifs is 1. The Morgan fingerprint density at radius 1 is 1.03 bits per heavy atom. The van der Waals surface area contributed by atoms with Crippen molar-refractivity contribution >= 4 is 34.4 Å². The lowest BCUT2D eigenvalue weighted by atomic mass is 9.81. The van der Waals surface area contributed by atoms with Crippen LogP contribution in [0.25, 0.3) is 10.9 Å². The van der Waals surface area contributed by atoms with E-state index in [9.17, 15) is 19.1 Å². The van der Waals surface area contributed by atoms with Crippen LogP contribution >= 0.6 is 11.6 Å². The molecule has 0 aliphatic heterocycles. The molecule has 4 aromatic rings. The molecule has 1 unspecified atom stereocenters. The van der Waals surface area contributed by atoms with Gasteiger partial charge in [0.25, 0.3) is 0 Å². The van der Waals surface area contributed by atoms with Crippen molar-refractivity contribution in [3.8, 4) is 0 Å². The molecule has 35 heavy (non-hydrogen) atoms. The number of nitrogens with zero attached hydrogens (tertiary/aromatic N) is 2. The van der Waals surface area contributed by atoms with E-state index in [4.69, 9.17) is 17.3 Å². The lowest BCUT2D eigenvalue weighted by Gasteiger charge is -2.34. The summed E-state index contributed by atoms with van der Waals surface area (Å²) in [5.74, 6) is -2.50. The minimum atomic E-state index is -1.57. The second kappa shape index (κ2) is 8.82. The SMILES string of the molecule is CC(C)(C)c1ccc(CC(C(N)=O)(c2ccc(F)cc2)n2ccc3cc(Cl)nc(C(=O)O)c32)cc1. The first kappa shape index (κ1) is 24.4. The molecular formula is C27H25ClFN3O3. The summed E-state index contributed by atoms with van der Waals surface area (Å²) in [6.45, 7) is 6.31. The topological polar surface area (TPSA) is 98.2 Å². The summed E-state index contributed by atoms with van der Waals surface area (Å²) >= 11 is 6.05. The van der Waals surface area contributed by atoms with Crippen molar-refractivity contribution in [2.24, 2.45) is 5.73 Å². The number of nitrogens with two attached hydrogens (primary N) is 1. The van der Waals surface area contributed by atoms with Crippen molar-refractivity contribution < 1.29 is 19.1 Å². The number of carbonyl (C=O) groups is 2. The fourth-order valence-electron chi connectivity index (χ4n) is 4.42. The number of hydrogen-bond donors (Lipinski definition) is 2. The second-order valence-corrected chi connectivity index (χ2v) is 9.96. The number of rotatable bonds is 6. The van der Waals surface area contributed by atoms with Crippen LogP contribution in [-0.4, -0.2) is 26.5 Å². The van der Waals surface area contributed by atoms with Crippen LogP contribution in [0.2, 0.25) is 5.15 Å². The van der Waals surface area contributed by atoms with Crippen molar-refractivity contribution in [1.29, 1.82) is 0 Å². The molecule has 1 atom stereocenters. The summed E-state index contributed by atoms with van der Waals surface area (Å²) in [7, 11) is 0. The third kappa shape index (κ3) is 4.39. The van der Waals surface area contributed by atoms with E-state index in [2.05, 4.69) is 25.8 Å². The number of carboxylic acid groups (broad SMARTS) is 1. The number of primary amides is 1. The highest BCUT2D eigenvalue weighted by Gasteiger charge is 2.42. The number of hydrogen-bond acceptors (Lipinski definition) is 3. The van der Waals surface area contributed by atoms with Crippen LogP contribution < -0.4 is 5.73 Å². The van der Waals surface area contributed by atoms with Crippen LogP contribution in [0.5, 0.6) is 0 Å². The largest absolute Gasteiger partial charge is 0.476 e. The molecular weight excluding hydrogens is 469 g/mol. The second-order valence-electron chi connectivity index (χ2n) is 9.58. The third-order valence-corrected chi connectivity index (χ3v) is 6.45. The predicted molar refractivity (Wildman–Crippen MR) is 133 cm³/mol. The van der Waals surface area contributed by atoms with Crippen molar-refractivity contribution in [3.63, 3.8) is 0 Å². The summed E-state index contributed by atoms with van der Waals surface area (Å²) in [5, 5.41) is 10.4. The van der Waals surface area contributed by atoms with E-state index in [-0.39, 0.29) is 28.2 Å². The van der Waals surface area contributed by atoms with E-state index in [1.165, 1.54) is 34.9 Å². The molecule has 0 spiro atoms. The maximum Gasteiger partial charge on any atom is 0.356 e. The number of carboxylic acids is 1. The van der Waals surface area contributed by atoms with Gasteiger partial charge in [-0.25, -0.2) is 14.2 Å². The summed E-state index contributed by atoms with van der Waals surface area (Å²) in [4.78, 5) is 29.4. The van der Waals surface area contributed by atoms with Crippen LogP contribution in [0.4, 0.5) is 4.39 Å². The molecule has 2 aromatic carbocycles. The van der Waals surface area contributed by atoms with Crippen molar-refractivity contribution in [3.05, 3.63) is 100 Å². The Kier molecular flexibility index (Phi) is 6.15. The number of benzene rings is 2. The van der Waals surface area contributed by atoms with E-state index in [1.54, 1.807) is 12.3 Å². The molecule has 2 heterocycles. The molecule has 8 heteroatoms. The van der Waals surface area contributed by atoms with E-state index < -0.39 is 23.2 Å². The first-order valence-electron chi connectivity index (χ1n) is 11.0. The quantitative estimate of drug-likeness (QED) is 0.356. The van der Waals surface area contributed by atoms with Crippen molar-refractivity contribution in [2.45, 2.75) is 38.1 Å². The smallest absolute Gasteiger partial charge is 0.356 e. The Morgan fingerprint density at radius 2 is 1.63 bits per heavy atom. The van der Waals surface area contributed by atoms with Gasteiger partial charge < -0.3 is 15.4 Å². The highest BCUT2D eigenvalue weighted by atomic mass is 35.5. The molecule has 0 aliphatic carbocycles. The van der Waals surface area contributed by atoms with Gasteiger partial charge in [-0.3, -0.25) is 4.79 Å². The first-order chi connectivity index (χ1) is 16.4. The number of aromatic carboxylic acids is 1. The van der Waals surface area contributed by atoms with Crippen LogP contribution in [0.3, 0.4) is 0 Å². The maximum absolute atomic E-state index is 13.8. The number of amides is 1. The van der Waals surface area contributed by atoms with Gasteiger partial charge in [-0.05, 0) is 46.4 Å². The Labute approximate surface area is 207 Å². The van der Waals surface area contributed by atoms with Crippen LogP contribution in [0.15, 0.2) is 66.9 Å². The molecule has 0 bridgehead atoms. The highest BCUT2D eigenvalue weighted by molar-refractivity contribution is 6.30. The predicted octanol–water partition coefficient (Wildman–Crippen LogP) is 5.30. The zero-order valence-corrected chi connectivity index (χ0v) is 20.3. The molecule has 0 saturated carbocycles. The molecule has 6 nitrogen and oxygen atoms in total. The summed E-state index contributed by atoms with van der Waals surface area (Å²) in [6.07, 6.45) is 1.69. The van der Waals surface area contributed by atoms with Gasteiger partial charge in [0.15, 0.2) is 11.2 Å². The van der Waals surface area contributed by atoms with Gasteiger partial charge in [0, 0.05) is 18.0 Å². The Morgan fingerprint density at radius 3 is 2.17 bits per heavy atom. The normalized spacial score (nSPS) is 13.5. The van der Waals surface area contributed by atoms with Gasteiger partial charge in [-0.2, -0.15) is 0 Å². The molecule has 2 aromatic heterocycles. The number of carbonyl (C=O) groups excluding carboxylic acids is 1. The van der Waals surface area contributed by atoms with Gasteiger partial charge in [-0.1, -0.05) is 68.8 Å². The number of halogens is 2. The Hall–Kier alpha value is -3.71. The first-order valence-corrected chi connectivity index (χ1v) is 11.4. The van der Waals surface area contributed by atoms with Gasteiger partial charge in [0.05, 0.1) is 5.52 Å². The standard InChI is InChI=1S/C27H25ClFN3O3/c1-26(2,3)18-6-4-16(5-7-18)15-27(25(30)35,19-8-10-20(29)11-9-19)32-13-12-17-14-21(28)31-22(23(17)32)24(33)34/h4-14H,15H2,1-3H3,(H2,30,35)(H,33,34). The number of aromatic nitrogens is 2. The highest BCUT2D eigenvalue weighted by Crippen LogP contribution is 2.36. The minimum absolute atomic E-state index is 0.0110. The van der Waals surface area contributed by atoms with E-state index in [1.807, 2.05) is 24.3 Å².